The van der Waals surface area contributed by atoms with Gasteiger partial charge in [0, 0.05) is 36.7 Å². The van der Waals surface area contributed by atoms with Crippen LogP contribution in [0.5, 0.6) is 0 Å². The number of hydrogen-bond acceptors (Lipinski definition) is 5. The Hall–Kier alpha value is -1.76. The number of carbonyl (C=O) groups is 1. The molecular weight excluding hydrogens is 344 g/mol. The molecule has 1 aromatic heterocycles. The van der Waals surface area contributed by atoms with Crippen molar-refractivity contribution in [1.82, 2.24) is 9.88 Å². The highest BCUT2D eigenvalue weighted by Crippen LogP contribution is 2.28. The summed E-state index contributed by atoms with van der Waals surface area (Å²) >= 11 is 1.56. The summed E-state index contributed by atoms with van der Waals surface area (Å²) in [6.45, 7) is 9.30. The third-order valence-corrected chi connectivity index (χ3v) is 5.92. The van der Waals surface area contributed by atoms with Crippen LogP contribution < -0.4 is 11.1 Å². The summed E-state index contributed by atoms with van der Waals surface area (Å²) in [6.07, 6.45) is 1.33. The van der Waals surface area contributed by atoms with Crippen LogP contribution >= 0.6 is 11.3 Å². The fraction of sp³-hybridized carbons (Fsp3) is 0.500. The summed E-state index contributed by atoms with van der Waals surface area (Å²) in [5.74, 6) is -0.0279. The number of amides is 1. The first-order valence-corrected chi connectivity index (χ1v) is 9.97. The molecule has 3 N–H and O–H groups in total. The standard InChI is InChI=1S/C20H28N4OS/c1-14-4-6-15(7-5-14)22-18(25)10-19-23-16(12-26-19)11-24-9-8-17(21)20(2,3)13-24/h4-7,12,17H,8-11,13,21H2,1-3H3,(H,22,25). The Morgan fingerprint density at radius 2 is 2.12 bits per heavy atom. The lowest BCUT2D eigenvalue weighted by Crippen LogP contribution is -2.52. The van der Waals surface area contributed by atoms with Crippen LogP contribution in [0.2, 0.25) is 0 Å². The first kappa shape index (κ1) is 19.0. The van der Waals surface area contributed by atoms with Crippen LogP contribution in [0.3, 0.4) is 0 Å². The summed E-state index contributed by atoms with van der Waals surface area (Å²) in [7, 11) is 0. The molecule has 1 aromatic carbocycles. The number of rotatable bonds is 5. The summed E-state index contributed by atoms with van der Waals surface area (Å²) in [5, 5.41) is 5.85. The fourth-order valence-electron chi connectivity index (χ4n) is 3.33. The third kappa shape index (κ3) is 4.90. The lowest BCUT2D eigenvalue weighted by molar-refractivity contribution is -0.115. The van der Waals surface area contributed by atoms with Crippen LogP contribution in [0.15, 0.2) is 29.6 Å². The Balaban J connectivity index is 1.53. The van der Waals surface area contributed by atoms with E-state index in [0.717, 1.165) is 42.4 Å². The molecule has 2 aromatic rings. The van der Waals surface area contributed by atoms with Gasteiger partial charge in [-0.25, -0.2) is 4.98 Å². The number of nitrogens with zero attached hydrogens (tertiary/aromatic N) is 2. The zero-order valence-electron chi connectivity index (χ0n) is 15.8. The van der Waals surface area contributed by atoms with Crippen LogP contribution in [0.4, 0.5) is 5.69 Å². The van der Waals surface area contributed by atoms with E-state index in [1.54, 1.807) is 11.3 Å². The second-order valence-electron chi connectivity index (χ2n) is 7.92. The average Bonchev–Trinajstić information content (AvgIpc) is 2.99. The highest BCUT2D eigenvalue weighted by molar-refractivity contribution is 7.09. The van der Waals surface area contributed by atoms with E-state index in [9.17, 15) is 4.79 Å². The molecule has 1 fully saturated rings. The van der Waals surface area contributed by atoms with Crippen LogP contribution in [-0.2, 0) is 17.8 Å². The number of nitrogens with one attached hydrogen (secondary N) is 1. The van der Waals surface area contributed by atoms with Crippen molar-refractivity contribution in [3.63, 3.8) is 0 Å². The average molecular weight is 373 g/mol. The number of anilines is 1. The van der Waals surface area contributed by atoms with E-state index in [-0.39, 0.29) is 17.4 Å². The fourth-order valence-corrected chi connectivity index (χ4v) is 4.11. The van der Waals surface area contributed by atoms with Crippen LogP contribution in [0.25, 0.3) is 0 Å². The van der Waals surface area contributed by atoms with Gasteiger partial charge in [-0.1, -0.05) is 31.5 Å². The second kappa shape index (κ2) is 7.86. The number of thiazole rings is 1. The molecule has 1 aliphatic heterocycles. The van der Waals surface area contributed by atoms with Gasteiger partial charge in [0.2, 0.25) is 5.91 Å². The Morgan fingerprint density at radius 1 is 1.38 bits per heavy atom. The van der Waals surface area contributed by atoms with Crippen molar-refractivity contribution in [1.29, 1.82) is 0 Å². The van der Waals surface area contributed by atoms with E-state index >= 15 is 0 Å². The largest absolute Gasteiger partial charge is 0.327 e. The summed E-state index contributed by atoms with van der Waals surface area (Å²) in [4.78, 5) is 19.3. The number of piperidine rings is 1. The number of hydrogen-bond donors (Lipinski definition) is 2. The maximum atomic E-state index is 12.2. The van der Waals surface area contributed by atoms with Crippen molar-refractivity contribution in [2.24, 2.45) is 11.1 Å². The highest BCUT2D eigenvalue weighted by atomic mass is 32.1. The van der Waals surface area contributed by atoms with Crippen molar-refractivity contribution < 1.29 is 4.79 Å². The highest BCUT2D eigenvalue weighted by Gasteiger charge is 2.33. The topological polar surface area (TPSA) is 71.2 Å². The molecule has 2 heterocycles. The van der Waals surface area contributed by atoms with E-state index in [1.807, 2.05) is 31.2 Å². The number of likely N-dealkylation sites (tertiary alicyclic amines) is 1. The molecule has 26 heavy (non-hydrogen) atoms. The number of carbonyl (C=O) groups excluding carboxylic acids is 1. The minimum absolute atomic E-state index is 0.0279. The van der Waals surface area contributed by atoms with Crippen molar-refractivity contribution >= 4 is 22.9 Å². The summed E-state index contributed by atoms with van der Waals surface area (Å²) in [5.41, 5.74) is 9.38. The Labute approximate surface area is 159 Å². The van der Waals surface area contributed by atoms with Gasteiger partial charge in [0.15, 0.2) is 0 Å². The van der Waals surface area contributed by atoms with Gasteiger partial charge in [0.1, 0.15) is 5.01 Å². The van der Waals surface area contributed by atoms with Crippen LogP contribution in [0, 0.1) is 12.3 Å². The molecule has 0 spiro atoms. The van der Waals surface area contributed by atoms with Gasteiger partial charge < -0.3 is 11.1 Å². The smallest absolute Gasteiger partial charge is 0.231 e. The number of aromatic nitrogens is 1. The van der Waals surface area contributed by atoms with Gasteiger partial charge in [-0.2, -0.15) is 0 Å². The molecule has 1 amide bonds. The van der Waals surface area contributed by atoms with Gasteiger partial charge in [-0.05, 0) is 30.9 Å². The first-order valence-electron chi connectivity index (χ1n) is 9.09. The lowest BCUT2D eigenvalue weighted by Gasteiger charge is -2.42. The molecule has 0 bridgehead atoms. The van der Waals surface area contributed by atoms with Gasteiger partial charge in [-0.3, -0.25) is 9.69 Å². The molecular formula is C20H28N4OS. The molecule has 1 atom stereocenters. The molecule has 1 saturated heterocycles. The van der Waals surface area contributed by atoms with Crippen LogP contribution in [0.1, 0.15) is 36.5 Å². The molecule has 0 aliphatic carbocycles. The van der Waals surface area contributed by atoms with E-state index in [1.165, 1.54) is 5.56 Å². The molecule has 3 rings (SSSR count). The third-order valence-electron chi connectivity index (χ3n) is 5.02. The Kier molecular flexibility index (Phi) is 5.75. The molecule has 6 heteroatoms. The number of benzene rings is 1. The zero-order valence-corrected chi connectivity index (χ0v) is 16.6. The van der Waals surface area contributed by atoms with Crippen molar-refractivity contribution in [2.45, 2.75) is 46.2 Å². The minimum atomic E-state index is -0.0279. The molecule has 5 nitrogen and oxygen atoms in total. The van der Waals surface area contributed by atoms with Crippen molar-refractivity contribution in [3.8, 4) is 0 Å². The molecule has 0 saturated carbocycles. The van der Waals surface area contributed by atoms with E-state index in [4.69, 9.17) is 5.73 Å². The zero-order chi connectivity index (χ0) is 18.7. The maximum Gasteiger partial charge on any atom is 0.231 e. The van der Waals surface area contributed by atoms with Gasteiger partial charge in [-0.15, -0.1) is 11.3 Å². The predicted octanol–water partition coefficient (Wildman–Crippen LogP) is 3.19. The number of aryl methyl sites for hydroxylation is 1. The molecule has 0 radical (unpaired) electrons. The van der Waals surface area contributed by atoms with E-state index in [2.05, 4.69) is 34.4 Å². The summed E-state index contributed by atoms with van der Waals surface area (Å²) in [6, 6.07) is 8.08. The second-order valence-corrected chi connectivity index (χ2v) is 8.86. The molecule has 140 valence electrons. The Bertz CT molecular complexity index is 753. The number of nitrogens with two attached hydrogens (primary N) is 1. The van der Waals surface area contributed by atoms with E-state index < -0.39 is 0 Å². The monoisotopic (exact) mass is 372 g/mol. The van der Waals surface area contributed by atoms with Crippen molar-refractivity contribution in [2.75, 3.05) is 18.4 Å². The quantitative estimate of drug-likeness (QED) is 0.845. The lowest BCUT2D eigenvalue weighted by atomic mass is 9.80. The summed E-state index contributed by atoms with van der Waals surface area (Å²) < 4.78 is 0. The predicted molar refractivity (Wildman–Crippen MR) is 107 cm³/mol. The molecule has 1 unspecified atom stereocenters. The minimum Gasteiger partial charge on any atom is -0.327 e. The van der Waals surface area contributed by atoms with E-state index in [0.29, 0.717) is 6.42 Å². The molecule has 1 aliphatic rings. The van der Waals surface area contributed by atoms with Gasteiger partial charge in [0.05, 0.1) is 12.1 Å². The van der Waals surface area contributed by atoms with Gasteiger partial charge >= 0.3 is 0 Å². The van der Waals surface area contributed by atoms with Gasteiger partial charge in [0.25, 0.3) is 0 Å². The normalized spacial score (nSPS) is 20.1. The van der Waals surface area contributed by atoms with Crippen molar-refractivity contribution in [3.05, 3.63) is 45.9 Å². The maximum absolute atomic E-state index is 12.2. The Morgan fingerprint density at radius 3 is 2.81 bits per heavy atom. The van der Waals surface area contributed by atoms with Crippen LogP contribution in [-0.4, -0.2) is 34.9 Å². The SMILES string of the molecule is Cc1ccc(NC(=O)Cc2nc(CN3CCC(N)C(C)(C)C3)cs2)cc1. The first-order chi connectivity index (χ1) is 12.3.